The second kappa shape index (κ2) is 18.0. The molecule has 0 radical (unpaired) electrons. The number of aliphatic imine (C=N–C) groups is 1. The molecule has 0 saturated heterocycles. The van der Waals surface area contributed by atoms with Crippen LogP contribution in [-0.2, 0) is 12.8 Å². The number of aromatic nitrogens is 3. The Morgan fingerprint density at radius 2 is 2.09 bits per heavy atom. The van der Waals surface area contributed by atoms with Crippen molar-refractivity contribution in [3.8, 4) is 17.6 Å². The predicted octanol–water partition coefficient (Wildman–Crippen LogP) is 7.10. The second-order valence-corrected chi connectivity index (χ2v) is 14.2. The normalized spacial score (nSPS) is 15.2. The highest BCUT2D eigenvalue weighted by Gasteiger charge is 2.30. The lowest BCUT2D eigenvalue weighted by molar-refractivity contribution is 0.0690. The average Bonchev–Trinajstić information content (AvgIpc) is 3.76. The third-order valence-electron chi connectivity index (χ3n) is 9.31. The molecule has 0 amide bonds. The second-order valence-electron chi connectivity index (χ2n) is 13.1. The maximum absolute atomic E-state index is 14.9. The maximum atomic E-state index is 14.9. The van der Waals surface area contributed by atoms with E-state index in [-0.39, 0.29) is 24.0 Å². The highest BCUT2D eigenvalue weighted by atomic mass is 32.1. The molecule has 54 heavy (non-hydrogen) atoms. The van der Waals surface area contributed by atoms with Crippen LogP contribution >= 0.6 is 11.3 Å². The fraction of sp³-hybridized carbons (Fsp3) is 0.410. The Morgan fingerprint density at radius 1 is 1.24 bits per heavy atom. The molecule has 2 aliphatic rings. The molecule has 4 aromatic rings. The van der Waals surface area contributed by atoms with E-state index in [1.807, 2.05) is 31.0 Å². The van der Waals surface area contributed by atoms with Gasteiger partial charge in [0.1, 0.15) is 29.7 Å². The van der Waals surface area contributed by atoms with E-state index >= 15 is 0 Å². The van der Waals surface area contributed by atoms with E-state index in [1.54, 1.807) is 19.2 Å². The third-order valence-corrected chi connectivity index (χ3v) is 10.5. The van der Waals surface area contributed by atoms with Gasteiger partial charge in [-0.2, -0.15) is 0 Å². The number of thiazole rings is 1. The van der Waals surface area contributed by atoms with Gasteiger partial charge in [0.25, 0.3) is 0 Å². The van der Waals surface area contributed by atoms with Crippen molar-refractivity contribution in [1.82, 2.24) is 25.0 Å². The number of carboxylic acids is 1. The van der Waals surface area contributed by atoms with Crippen LogP contribution in [0.2, 0.25) is 0 Å². The number of nitrogens with zero attached hydrogens (tertiary/aromatic N) is 9. The first-order valence-electron chi connectivity index (χ1n) is 18.1. The predicted molar refractivity (Wildman–Crippen MR) is 208 cm³/mol. The fourth-order valence-electron chi connectivity index (χ4n) is 6.56. The van der Waals surface area contributed by atoms with Crippen molar-refractivity contribution in [1.29, 1.82) is 0 Å². The Hall–Kier alpha value is -5.55. The van der Waals surface area contributed by atoms with Crippen molar-refractivity contribution in [3.63, 3.8) is 0 Å². The number of rotatable bonds is 14. The summed E-state index contributed by atoms with van der Waals surface area (Å²) in [5.41, 5.74) is 4.84. The number of hydrogen-bond donors (Lipinski definition) is 2. The number of halogens is 1. The molecule has 0 bridgehead atoms. The summed E-state index contributed by atoms with van der Waals surface area (Å²) < 4.78 is 20.6. The van der Waals surface area contributed by atoms with E-state index in [1.165, 1.54) is 23.0 Å². The first kappa shape index (κ1) is 38.2. The molecule has 0 saturated carbocycles. The molecule has 0 spiro atoms. The minimum absolute atomic E-state index is 0.00464. The van der Waals surface area contributed by atoms with Gasteiger partial charge in [0.15, 0.2) is 34.0 Å². The number of hydrogen-bond acceptors (Lipinski definition) is 11. The first-order chi connectivity index (χ1) is 26.3. The molecular formula is C39H44FN10O3S+. The molecule has 6 rings (SSSR count). The number of nitrogens with one attached hydrogen (secondary N) is 1. The molecule has 0 aliphatic carbocycles. The van der Waals surface area contributed by atoms with Crippen LogP contribution in [-0.4, -0.2) is 83.9 Å². The van der Waals surface area contributed by atoms with Gasteiger partial charge in [-0.15, -0.1) is 21.5 Å². The monoisotopic (exact) mass is 751 g/mol. The molecular weight excluding hydrogens is 708 g/mol. The van der Waals surface area contributed by atoms with E-state index in [4.69, 9.17) is 9.73 Å². The van der Waals surface area contributed by atoms with Crippen molar-refractivity contribution in [2.75, 3.05) is 57.1 Å². The molecule has 2 aromatic heterocycles. The van der Waals surface area contributed by atoms with Gasteiger partial charge in [-0.3, -0.25) is 4.90 Å². The summed E-state index contributed by atoms with van der Waals surface area (Å²) in [7, 11) is 3.54. The summed E-state index contributed by atoms with van der Waals surface area (Å²) in [4.78, 5) is 30.0. The van der Waals surface area contributed by atoms with Crippen LogP contribution < -0.4 is 19.9 Å². The number of fused-ring (bicyclic) bond motifs is 2. The molecule has 280 valence electrons. The van der Waals surface area contributed by atoms with Gasteiger partial charge in [-0.1, -0.05) is 37.0 Å². The van der Waals surface area contributed by atoms with Gasteiger partial charge in [0, 0.05) is 46.3 Å². The molecule has 13 nitrogen and oxygen atoms in total. The Morgan fingerprint density at radius 3 is 2.89 bits per heavy atom. The van der Waals surface area contributed by atoms with Gasteiger partial charge in [0.2, 0.25) is 4.91 Å². The third kappa shape index (κ3) is 8.97. The van der Waals surface area contributed by atoms with E-state index in [9.17, 15) is 14.3 Å². The van der Waals surface area contributed by atoms with Crippen LogP contribution in [0.25, 0.3) is 0 Å². The zero-order valence-electron chi connectivity index (χ0n) is 31.0. The zero-order valence-corrected chi connectivity index (χ0v) is 31.8. The zero-order chi connectivity index (χ0) is 38.0. The Bertz CT molecular complexity index is 2150. The van der Waals surface area contributed by atoms with Crippen LogP contribution in [0.15, 0.2) is 57.7 Å². The van der Waals surface area contributed by atoms with E-state index < -0.39 is 11.8 Å². The highest BCUT2D eigenvalue weighted by molar-refractivity contribution is 7.16. The molecule has 15 heteroatoms. The molecule has 1 unspecified atom stereocenters. The van der Waals surface area contributed by atoms with Crippen molar-refractivity contribution in [2.24, 2.45) is 15.2 Å². The summed E-state index contributed by atoms with van der Waals surface area (Å²) in [6.07, 6.45) is 4.28. The fourth-order valence-corrected chi connectivity index (χ4v) is 7.68. The Labute approximate surface area is 318 Å². The van der Waals surface area contributed by atoms with Crippen LogP contribution in [0.3, 0.4) is 0 Å². The van der Waals surface area contributed by atoms with Crippen molar-refractivity contribution in [2.45, 2.75) is 58.3 Å². The molecule has 2 aromatic carbocycles. The van der Waals surface area contributed by atoms with Crippen LogP contribution in [0, 0.1) is 24.6 Å². The number of anilines is 3. The summed E-state index contributed by atoms with van der Waals surface area (Å²) in [6, 6.07) is 12.9. The molecule has 1 atom stereocenters. The average molecular weight is 752 g/mol. The number of aryl methyl sites for hydroxylation is 1. The number of para-hydroxylation sites is 1. The highest BCUT2D eigenvalue weighted by Crippen LogP contribution is 2.40. The van der Waals surface area contributed by atoms with Gasteiger partial charge in [-0.25, -0.2) is 19.2 Å². The number of benzene rings is 2. The smallest absolute Gasteiger partial charge is 0.355 e. The van der Waals surface area contributed by atoms with E-state index in [2.05, 4.69) is 71.4 Å². The topological polar surface area (TPSA) is 155 Å². The van der Waals surface area contributed by atoms with Gasteiger partial charge < -0.3 is 20.1 Å². The van der Waals surface area contributed by atoms with Crippen molar-refractivity contribution in [3.05, 3.63) is 81.1 Å². The lowest BCUT2D eigenvalue weighted by Crippen LogP contribution is -2.27. The lowest BCUT2D eigenvalue weighted by atomic mass is 9.98. The van der Waals surface area contributed by atoms with Crippen molar-refractivity contribution < 1.29 is 19.0 Å². The van der Waals surface area contributed by atoms with Gasteiger partial charge in [0.05, 0.1) is 13.2 Å². The first-order valence-corrected chi connectivity index (χ1v) is 19.0. The van der Waals surface area contributed by atoms with Gasteiger partial charge in [-0.05, 0) is 82.3 Å². The number of carboxylic acid groups (broad SMARTS) is 1. The molecule has 0 fully saturated rings. The molecule has 2 N–H and O–H groups in total. The summed E-state index contributed by atoms with van der Waals surface area (Å²) in [5.74, 6) is 6.86. The summed E-state index contributed by atoms with van der Waals surface area (Å²) in [6.45, 7) is 6.95. The summed E-state index contributed by atoms with van der Waals surface area (Å²) >= 11 is 1.33. The van der Waals surface area contributed by atoms with Crippen LogP contribution in [0.4, 0.5) is 26.8 Å². The minimum atomic E-state index is -1.10. The number of aromatic carboxylic acids is 1. The Balaban J connectivity index is 1.07. The SMILES string of the molecule is CCC1C(=Nc2nnc3c(c2C)CCCN3c2nc(C(=O)O)c(CCCOc3ccc(C#CCN(C)CCCN=[N+]=NC)cc3F)s2)Nc2ccccc21. The maximum Gasteiger partial charge on any atom is 0.355 e. The lowest BCUT2D eigenvalue weighted by Gasteiger charge is -2.28. The van der Waals surface area contributed by atoms with Gasteiger partial charge >= 0.3 is 5.97 Å². The van der Waals surface area contributed by atoms with Crippen molar-refractivity contribution >= 4 is 45.6 Å². The minimum Gasteiger partial charge on any atom is -0.491 e. The number of carbonyl (C=O) groups is 1. The number of amidine groups is 1. The standard InChI is InChI=1S/C39H43FN10O3S/c1-5-27-29-13-6-7-15-31(29)43-36(27)45-35-25(2)28-14-9-22-50(37(28)47-46-35)39-44-34(38(51)52)33(54-39)16-10-23-53-32-18-17-26(24-30(32)40)12-8-20-49(4)21-11-19-42-48-41-3/h6-7,13,15,17-18,24,27H,5,9-11,14,16,19-23H2,1-4H3,(H-,43,45,46,51,52)/p+1. The largest absolute Gasteiger partial charge is 0.491 e. The van der Waals surface area contributed by atoms with E-state index in [0.29, 0.717) is 59.7 Å². The summed E-state index contributed by atoms with van der Waals surface area (Å²) in [5, 5.41) is 30.7. The number of ether oxygens (including phenoxy) is 1. The Kier molecular flexibility index (Phi) is 12.7. The van der Waals surface area contributed by atoms with Crippen LogP contribution in [0.1, 0.15) is 76.1 Å². The molecule has 4 heterocycles. The quantitative estimate of drug-likeness (QED) is 0.0594. The van der Waals surface area contributed by atoms with E-state index in [0.717, 1.165) is 54.9 Å². The van der Waals surface area contributed by atoms with Crippen LogP contribution in [0.5, 0.6) is 5.75 Å². The molecule has 2 aliphatic heterocycles.